The predicted molar refractivity (Wildman–Crippen MR) is 97.9 cm³/mol. The minimum Gasteiger partial charge on any atom is -0.378 e. The van der Waals surface area contributed by atoms with E-state index in [0.717, 1.165) is 30.5 Å². The van der Waals surface area contributed by atoms with Crippen LogP contribution >= 0.6 is 11.6 Å². The molecule has 25 heavy (non-hydrogen) atoms. The molecule has 0 amide bonds. The molecule has 1 fully saturated rings. The smallest absolute Gasteiger partial charge is 0.269 e. The second kappa shape index (κ2) is 7.66. The highest BCUT2D eigenvalue weighted by Crippen LogP contribution is 2.35. The van der Waals surface area contributed by atoms with Crippen molar-refractivity contribution in [3.05, 3.63) is 69.2 Å². The molecule has 1 saturated carbocycles. The molecule has 0 saturated heterocycles. The van der Waals surface area contributed by atoms with Crippen molar-refractivity contribution >= 4 is 28.8 Å². The van der Waals surface area contributed by atoms with Crippen LogP contribution in [0, 0.1) is 16.0 Å². The maximum Gasteiger partial charge on any atom is 0.269 e. The van der Waals surface area contributed by atoms with Crippen molar-refractivity contribution in [3.63, 3.8) is 0 Å². The summed E-state index contributed by atoms with van der Waals surface area (Å²) < 4.78 is 0. The summed E-state index contributed by atoms with van der Waals surface area (Å²) in [5, 5.41) is 14.9. The zero-order valence-corrected chi connectivity index (χ0v) is 14.4. The first-order valence-corrected chi connectivity index (χ1v) is 8.71. The standard InChI is InChI=1S/C19H19ClN2O3/c20-14-7-9-15(10-8-14)21-19(17-3-1-2-4-18(17)23)13-5-11-16(12-6-13)22(24)25/h5-12,17,19,21H,1-4H2/t17-,19-/m0/s1. The predicted octanol–water partition coefficient (Wildman–Crippen LogP) is 5.16. The highest BCUT2D eigenvalue weighted by molar-refractivity contribution is 6.30. The van der Waals surface area contributed by atoms with Crippen LogP contribution in [-0.2, 0) is 4.79 Å². The van der Waals surface area contributed by atoms with E-state index in [1.165, 1.54) is 12.1 Å². The molecule has 0 unspecified atom stereocenters. The van der Waals surface area contributed by atoms with Crippen molar-refractivity contribution in [2.24, 2.45) is 5.92 Å². The van der Waals surface area contributed by atoms with E-state index >= 15 is 0 Å². The summed E-state index contributed by atoms with van der Waals surface area (Å²) in [5.74, 6) is 0.113. The summed E-state index contributed by atoms with van der Waals surface area (Å²) >= 11 is 5.94. The molecule has 3 rings (SSSR count). The number of benzene rings is 2. The van der Waals surface area contributed by atoms with Crippen LogP contribution in [0.5, 0.6) is 0 Å². The largest absolute Gasteiger partial charge is 0.378 e. The number of carbonyl (C=O) groups excluding carboxylic acids is 1. The minimum atomic E-state index is -0.419. The molecule has 1 aliphatic rings. The van der Waals surface area contributed by atoms with E-state index in [-0.39, 0.29) is 23.4 Å². The Bertz CT molecular complexity index is 759. The second-order valence-electron chi connectivity index (χ2n) is 6.30. The highest BCUT2D eigenvalue weighted by atomic mass is 35.5. The fourth-order valence-corrected chi connectivity index (χ4v) is 3.43. The third-order valence-electron chi connectivity index (χ3n) is 4.63. The number of hydrogen-bond acceptors (Lipinski definition) is 4. The molecular formula is C19H19ClN2O3. The molecular weight excluding hydrogens is 340 g/mol. The zero-order chi connectivity index (χ0) is 17.8. The van der Waals surface area contributed by atoms with Crippen LogP contribution in [0.25, 0.3) is 0 Å². The summed E-state index contributed by atoms with van der Waals surface area (Å²) in [6, 6.07) is 13.5. The number of hydrogen-bond donors (Lipinski definition) is 1. The lowest BCUT2D eigenvalue weighted by atomic mass is 9.80. The van der Waals surface area contributed by atoms with Crippen molar-refractivity contribution in [1.29, 1.82) is 0 Å². The van der Waals surface area contributed by atoms with Gasteiger partial charge in [-0.15, -0.1) is 0 Å². The SMILES string of the molecule is O=C1CCCC[C@@H]1[C@@H](Nc1ccc(Cl)cc1)c1ccc([N+](=O)[O-])cc1. The Morgan fingerprint density at radius 1 is 1.08 bits per heavy atom. The van der Waals surface area contributed by atoms with E-state index < -0.39 is 4.92 Å². The lowest BCUT2D eigenvalue weighted by Gasteiger charge is -2.31. The van der Waals surface area contributed by atoms with Gasteiger partial charge in [-0.2, -0.15) is 0 Å². The third-order valence-corrected chi connectivity index (χ3v) is 4.89. The summed E-state index contributed by atoms with van der Waals surface area (Å²) in [5.41, 5.74) is 1.79. The second-order valence-corrected chi connectivity index (χ2v) is 6.73. The topological polar surface area (TPSA) is 72.2 Å². The average Bonchev–Trinajstić information content (AvgIpc) is 2.62. The molecule has 2 aromatic carbocycles. The van der Waals surface area contributed by atoms with Gasteiger partial charge in [0.15, 0.2) is 0 Å². The van der Waals surface area contributed by atoms with Crippen molar-refractivity contribution in [2.45, 2.75) is 31.7 Å². The molecule has 130 valence electrons. The molecule has 1 N–H and O–H groups in total. The Kier molecular flexibility index (Phi) is 5.34. The van der Waals surface area contributed by atoms with Crippen LogP contribution in [0.2, 0.25) is 5.02 Å². The number of carbonyl (C=O) groups is 1. The molecule has 0 heterocycles. The van der Waals surface area contributed by atoms with E-state index in [2.05, 4.69) is 5.32 Å². The number of nitrogens with zero attached hydrogens (tertiary/aromatic N) is 1. The maximum absolute atomic E-state index is 12.5. The number of nitro benzene ring substituents is 1. The van der Waals surface area contributed by atoms with Gasteiger partial charge in [0.25, 0.3) is 5.69 Å². The Hall–Kier alpha value is -2.40. The van der Waals surface area contributed by atoms with E-state index in [1.807, 2.05) is 12.1 Å². The molecule has 5 nitrogen and oxygen atoms in total. The van der Waals surface area contributed by atoms with Crippen molar-refractivity contribution in [3.8, 4) is 0 Å². The number of non-ortho nitro benzene ring substituents is 1. The molecule has 2 atom stereocenters. The molecule has 6 heteroatoms. The van der Waals surface area contributed by atoms with Crippen LogP contribution in [0.4, 0.5) is 11.4 Å². The van der Waals surface area contributed by atoms with E-state index in [9.17, 15) is 14.9 Å². The third kappa shape index (κ3) is 4.17. The van der Waals surface area contributed by atoms with Gasteiger partial charge in [-0.05, 0) is 42.7 Å². The quantitative estimate of drug-likeness (QED) is 0.591. The molecule has 2 aromatic rings. The van der Waals surface area contributed by atoms with Gasteiger partial charge in [-0.1, -0.05) is 30.2 Å². The Morgan fingerprint density at radius 2 is 1.76 bits per heavy atom. The minimum absolute atomic E-state index is 0.0453. The lowest BCUT2D eigenvalue weighted by molar-refractivity contribution is -0.384. The Morgan fingerprint density at radius 3 is 2.36 bits per heavy atom. The Labute approximate surface area is 151 Å². The highest BCUT2D eigenvalue weighted by Gasteiger charge is 2.31. The van der Waals surface area contributed by atoms with Gasteiger partial charge >= 0.3 is 0 Å². The first-order chi connectivity index (χ1) is 12.0. The zero-order valence-electron chi connectivity index (χ0n) is 13.7. The summed E-state index contributed by atoms with van der Waals surface area (Å²) in [6.07, 6.45) is 3.36. The van der Waals surface area contributed by atoms with Crippen LogP contribution in [0.3, 0.4) is 0 Å². The van der Waals surface area contributed by atoms with Crippen LogP contribution in [-0.4, -0.2) is 10.7 Å². The van der Waals surface area contributed by atoms with Crippen LogP contribution < -0.4 is 5.32 Å². The van der Waals surface area contributed by atoms with E-state index in [4.69, 9.17) is 11.6 Å². The van der Waals surface area contributed by atoms with Crippen molar-refractivity contribution < 1.29 is 9.72 Å². The fraction of sp³-hybridized carbons (Fsp3) is 0.316. The summed E-state index contributed by atoms with van der Waals surface area (Å²) in [7, 11) is 0. The van der Waals surface area contributed by atoms with Gasteiger partial charge in [0.1, 0.15) is 5.78 Å². The first kappa shape index (κ1) is 17.4. The number of nitro groups is 1. The molecule has 0 spiro atoms. The van der Waals surface area contributed by atoms with Crippen molar-refractivity contribution in [2.75, 3.05) is 5.32 Å². The number of nitrogens with one attached hydrogen (secondary N) is 1. The molecule has 0 aliphatic heterocycles. The van der Waals surface area contributed by atoms with E-state index in [1.54, 1.807) is 24.3 Å². The number of anilines is 1. The molecule has 0 aromatic heterocycles. The van der Waals surface area contributed by atoms with Gasteiger partial charge in [0.2, 0.25) is 0 Å². The van der Waals surface area contributed by atoms with Gasteiger partial charge in [0, 0.05) is 35.2 Å². The fourth-order valence-electron chi connectivity index (χ4n) is 3.31. The first-order valence-electron chi connectivity index (χ1n) is 8.34. The normalized spacial score (nSPS) is 18.6. The van der Waals surface area contributed by atoms with Crippen LogP contribution in [0.15, 0.2) is 48.5 Å². The van der Waals surface area contributed by atoms with Gasteiger partial charge in [-0.3, -0.25) is 14.9 Å². The van der Waals surface area contributed by atoms with Gasteiger partial charge < -0.3 is 5.32 Å². The molecule has 0 bridgehead atoms. The van der Waals surface area contributed by atoms with Crippen LogP contribution in [0.1, 0.15) is 37.3 Å². The number of rotatable bonds is 5. The average molecular weight is 359 g/mol. The molecule has 0 radical (unpaired) electrons. The Balaban J connectivity index is 1.91. The lowest BCUT2D eigenvalue weighted by Crippen LogP contribution is -2.30. The summed E-state index contributed by atoms with van der Waals surface area (Å²) in [4.78, 5) is 22.9. The number of ketones is 1. The number of halogens is 1. The van der Waals surface area contributed by atoms with Gasteiger partial charge in [-0.25, -0.2) is 0 Å². The van der Waals surface area contributed by atoms with E-state index in [0.29, 0.717) is 11.4 Å². The van der Waals surface area contributed by atoms with Crippen molar-refractivity contribution in [1.82, 2.24) is 0 Å². The number of Topliss-reactive ketones (excluding diaryl/α,β-unsaturated/α-hetero) is 1. The maximum atomic E-state index is 12.5. The van der Waals surface area contributed by atoms with Gasteiger partial charge in [0.05, 0.1) is 11.0 Å². The summed E-state index contributed by atoms with van der Waals surface area (Å²) in [6.45, 7) is 0. The monoisotopic (exact) mass is 358 g/mol. The molecule has 1 aliphatic carbocycles.